The standard InChI is InChI=1S/C30H29F2N5O2/c1-28(20-10-21(31)12-22(32)11-20)17-35-30(6-2-3-7-30)27(39)37(28)16-18-9-19-13-29(14-24(19)34-15-18)23-5-4-8-33-25(23)36-26(29)38/h4-5,8-12,15,35H,2-3,6-7,13-14,16-17H2,1H3,(H,33,36,38)/t28-,29-/m0/s1. The first-order chi connectivity index (χ1) is 18.7. The van der Waals surface area contributed by atoms with Crippen LogP contribution in [0, 0.1) is 11.6 Å². The molecule has 1 aromatic carbocycles. The number of piperazine rings is 1. The van der Waals surface area contributed by atoms with Gasteiger partial charge in [0, 0.05) is 49.2 Å². The Labute approximate surface area is 225 Å². The zero-order chi connectivity index (χ0) is 27.0. The zero-order valence-corrected chi connectivity index (χ0v) is 21.7. The molecule has 1 saturated carbocycles. The summed E-state index contributed by atoms with van der Waals surface area (Å²) < 4.78 is 28.6. The number of fused-ring (bicyclic) bond motifs is 3. The summed E-state index contributed by atoms with van der Waals surface area (Å²) in [6.07, 6.45) is 7.81. The number of nitrogens with zero attached hydrogens (tertiary/aromatic N) is 3. The molecule has 0 unspecified atom stereocenters. The number of amides is 2. The topological polar surface area (TPSA) is 87.2 Å². The summed E-state index contributed by atoms with van der Waals surface area (Å²) in [5, 5.41) is 6.39. The van der Waals surface area contributed by atoms with Gasteiger partial charge in [0.1, 0.15) is 17.5 Å². The van der Waals surface area contributed by atoms with Gasteiger partial charge in [0.2, 0.25) is 11.8 Å². The van der Waals surface area contributed by atoms with Crippen molar-refractivity contribution in [3.05, 3.63) is 88.4 Å². The Bertz CT molecular complexity index is 1520. The highest BCUT2D eigenvalue weighted by atomic mass is 19.1. The van der Waals surface area contributed by atoms with Gasteiger partial charge in [-0.3, -0.25) is 14.6 Å². The van der Waals surface area contributed by atoms with Crippen LogP contribution in [0.25, 0.3) is 0 Å². The van der Waals surface area contributed by atoms with Crippen LogP contribution in [-0.4, -0.2) is 38.8 Å². The summed E-state index contributed by atoms with van der Waals surface area (Å²) in [5.41, 5.74) is 1.59. The highest BCUT2D eigenvalue weighted by molar-refractivity contribution is 6.06. The molecule has 0 radical (unpaired) electrons. The number of rotatable bonds is 3. The number of nitrogens with one attached hydrogen (secondary N) is 2. The van der Waals surface area contributed by atoms with Crippen LogP contribution in [0.3, 0.4) is 0 Å². The van der Waals surface area contributed by atoms with Crippen LogP contribution in [0.15, 0.2) is 48.8 Å². The minimum Gasteiger partial charge on any atom is -0.326 e. The number of carbonyl (C=O) groups excluding carboxylic acids is 2. The number of carbonyl (C=O) groups is 2. The van der Waals surface area contributed by atoms with Crippen LogP contribution >= 0.6 is 0 Å². The van der Waals surface area contributed by atoms with Gasteiger partial charge in [-0.05, 0) is 61.1 Å². The van der Waals surface area contributed by atoms with E-state index in [2.05, 4.69) is 15.6 Å². The second-order valence-corrected chi connectivity index (χ2v) is 11.7. The molecule has 7 rings (SSSR count). The second-order valence-electron chi connectivity index (χ2n) is 11.7. The lowest BCUT2D eigenvalue weighted by molar-refractivity contribution is -0.152. The predicted octanol–water partition coefficient (Wildman–Crippen LogP) is 3.90. The van der Waals surface area contributed by atoms with Crippen molar-refractivity contribution in [3.63, 3.8) is 0 Å². The molecule has 2 amide bonds. The smallest absolute Gasteiger partial charge is 0.243 e. The maximum absolute atomic E-state index is 14.3. The fraction of sp³-hybridized carbons (Fsp3) is 0.400. The first-order valence-electron chi connectivity index (χ1n) is 13.5. The molecule has 9 heteroatoms. The van der Waals surface area contributed by atoms with Gasteiger partial charge in [0.15, 0.2) is 0 Å². The van der Waals surface area contributed by atoms with E-state index in [0.29, 0.717) is 30.8 Å². The fourth-order valence-electron chi connectivity index (χ4n) is 7.17. The molecule has 2 atom stereocenters. The Balaban J connectivity index is 1.25. The van der Waals surface area contributed by atoms with Crippen LogP contribution in [-0.2, 0) is 39.9 Å². The van der Waals surface area contributed by atoms with Crippen molar-refractivity contribution in [1.29, 1.82) is 0 Å². The lowest BCUT2D eigenvalue weighted by atomic mass is 9.80. The van der Waals surface area contributed by atoms with Gasteiger partial charge in [-0.15, -0.1) is 0 Å². The lowest BCUT2D eigenvalue weighted by Gasteiger charge is -2.52. The molecule has 4 aliphatic rings. The monoisotopic (exact) mass is 529 g/mol. The molecule has 2 N–H and O–H groups in total. The summed E-state index contributed by atoms with van der Waals surface area (Å²) in [6.45, 7) is 2.48. The van der Waals surface area contributed by atoms with Crippen molar-refractivity contribution in [2.75, 3.05) is 11.9 Å². The second kappa shape index (κ2) is 8.39. The van der Waals surface area contributed by atoms with E-state index in [9.17, 15) is 18.4 Å². The first kappa shape index (κ1) is 24.3. The Kier molecular flexibility index (Phi) is 5.23. The average molecular weight is 530 g/mol. The fourth-order valence-corrected chi connectivity index (χ4v) is 7.17. The quantitative estimate of drug-likeness (QED) is 0.538. The highest BCUT2D eigenvalue weighted by Gasteiger charge is 2.54. The van der Waals surface area contributed by atoms with Crippen LogP contribution in [0.4, 0.5) is 14.6 Å². The number of aromatic nitrogens is 2. The Hall–Kier alpha value is -3.72. The maximum Gasteiger partial charge on any atom is 0.243 e. The summed E-state index contributed by atoms with van der Waals surface area (Å²) in [5.74, 6) is -0.868. The van der Waals surface area contributed by atoms with E-state index in [4.69, 9.17) is 4.98 Å². The molecule has 2 fully saturated rings. The summed E-state index contributed by atoms with van der Waals surface area (Å²) in [4.78, 5) is 38.1. The van der Waals surface area contributed by atoms with Crippen molar-refractivity contribution in [2.45, 2.75) is 68.5 Å². The van der Waals surface area contributed by atoms with E-state index in [-0.39, 0.29) is 18.4 Å². The van der Waals surface area contributed by atoms with Gasteiger partial charge >= 0.3 is 0 Å². The van der Waals surface area contributed by atoms with Crippen LogP contribution < -0.4 is 10.6 Å². The van der Waals surface area contributed by atoms with E-state index in [1.165, 1.54) is 12.1 Å². The van der Waals surface area contributed by atoms with Crippen molar-refractivity contribution < 1.29 is 18.4 Å². The van der Waals surface area contributed by atoms with E-state index in [0.717, 1.165) is 54.1 Å². The minimum absolute atomic E-state index is 0.0504. The van der Waals surface area contributed by atoms with Gasteiger partial charge in [-0.25, -0.2) is 13.8 Å². The summed E-state index contributed by atoms with van der Waals surface area (Å²) in [6, 6.07) is 9.28. The third kappa shape index (κ3) is 3.55. The number of benzene rings is 1. The third-order valence-corrected chi connectivity index (χ3v) is 9.37. The van der Waals surface area contributed by atoms with Gasteiger partial charge in [-0.1, -0.05) is 25.0 Å². The molecule has 0 bridgehead atoms. The van der Waals surface area contributed by atoms with E-state index in [1.807, 2.05) is 25.1 Å². The molecule has 7 nitrogen and oxygen atoms in total. The largest absolute Gasteiger partial charge is 0.326 e. The molecule has 200 valence electrons. The Morgan fingerprint density at radius 3 is 2.56 bits per heavy atom. The number of halogens is 2. The van der Waals surface area contributed by atoms with Crippen LogP contribution in [0.5, 0.6) is 0 Å². The molecule has 2 aliphatic heterocycles. The maximum atomic E-state index is 14.3. The van der Waals surface area contributed by atoms with E-state index in [1.54, 1.807) is 17.3 Å². The van der Waals surface area contributed by atoms with E-state index < -0.39 is 28.1 Å². The number of pyridine rings is 2. The van der Waals surface area contributed by atoms with Crippen molar-refractivity contribution in [2.24, 2.45) is 0 Å². The first-order valence-corrected chi connectivity index (χ1v) is 13.5. The molecular weight excluding hydrogens is 500 g/mol. The van der Waals surface area contributed by atoms with Crippen molar-refractivity contribution >= 4 is 17.6 Å². The normalized spacial score (nSPS) is 26.8. The zero-order valence-electron chi connectivity index (χ0n) is 21.7. The number of hydrogen-bond donors (Lipinski definition) is 2. The SMILES string of the molecule is C[C@@]1(c2cc(F)cc(F)c2)CNC2(CCCC2)C(=O)N1Cc1cnc2c(c1)C[C@@]1(C2)C(=O)Nc2ncccc21. The Morgan fingerprint density at radius 1 is 1.03 bits per heavy atom. The molecule has 1 saturated heterocycles. The lowest BCUT2D eigenvalue weighted by Crippen LogP contribution is -2.69. The minimum atomic E-state index is -0.968. The highest BCUT2D eigenvalue weighted by Crippen LogP contribution is 2.47. The summed E-state index contributed by atoms with van der Waals surface area (Å²) >= 11 is 0. The molecule has 2 aromatic heterocycles. The Morgan fingerprint density at radius 2 is 1.79 bits per heavy atom. The average Bonchev–Trinajstić information content (AvgIpc) is 3.61. The third-order valence-electron chi connectivity index (χ3n) is 9.37. The molecule has 2 spiro atoms. The van der Waals surface area contributed by atoms with Crippen molar-refractivity contribution in [1.82, 2.24) is 20.2 Å². The van der Waals surface area contributed by atoms with Gasteiger partial charge in [0.05, 0.1) is 16.5 Å². The van der Waals surface area contributed by atoms with Gasteiger partial charge in [0.25, 0.3) is 0 Å². The van der Waals surface area contributed by atoms with Gasteiger partial charge < -0.3 is 15.5 Å². The number of hydrogen-bond acceptors (Lipinski definition) is 5. The van der Waals surface area contributed by atoms with Gasteiger partial charge in [-0.2, -0.15) is 0 Å². The molecule has 2 aliphatic carbocycles. The molecular formula is C30H29F2N5O2. The van der Waals surface area contributed by atoms with Crippen LogP contribution in [0.2, 0.25) is 0 Å². The molecule has 4 heterocycles. The van der Waals surface area contributed by atoms with E-state index >= 15 is 0 Å². The summed E-state index contributed by atoms with van der Waals surface area (Å²) in [7, 11) is 0. The van der Waals surface area contributed by atoms with Crippen molar-refractivity contribution in [3.8, 4) is 0 Å². The molecule has 39 heavy (non-hydrogen) atoms. The molecule has 3 aromatic rings. The predicted molar refractivity (Wildman–Crippen MR) is 140 cm³/mol. The number of anilines is 1. The van der Waals surface area contributed by atoms with Crippen LogP contribution in [0.1, 0.15) is 60.6 Å².